The molecular weight excluding hydrogens is 494 g/mol. The molecule has 1 amide bonds. The first-order valence-corrected chi connectivity index (χ1v) is 15.6. The van der Waals surface area contributed by atoms with Crippen LogP contribution in [0.5, 0.6) is 0 Å². The molecule has 0 aromatic carbocycles. The highest BCUT2D eigenvalue weighted by Gasteiger charge is 2.60. The highest BCUT2D eigenvalue weighted by atomic mass is 16.6. The van der Waals surface area contributed by atoms with Gasteiger partial charge in [-0.2, -0.15) is 0 Å². The number of ether oxygens (including phenoxy) is 2. The van der Waals surface area contributed by atoms with Crippen LogP contribution in [0.1, 0.15) is 112 Å². The van der Waals surface area contributed by atoms with Gasteiger partial charge in [0.15, 0.2) is 0 Å². The van der Waals surface area contributed by atoms with E-state index in [2.05, 4.69) is 26.1 Å². The van der Waals surface area contributed by atoms with Gasteiger partial charge in [-0.3, -0.25) is 9.59 Å². The molecule has 4 aliphatic rings. The molecule has 0 heterocycles. The number of carbonyl (C=O) groups is 3. The van der Waals surface area contributed by atoms with Crippen molar-refractivity contribution in [3.63, 3.8) is 0 Å². The number of hydrogen-bond donors (Lipinski definition) is 2. The Morgan fingerprint density at radius 1 is 1.00 bits per heavy atom. The molecule has 0 aliphatic heterocycles. The second-order valence-corrected chi connectivity index (χ2v) is 14.6. The van der Waals surface area contributed by atoms with E-state index in [1.54, 1.807) is 0 Å². The van der Waals surface area contributed by atoms with Crippen molar-refractivity contribution < 1.29 is 29.0 Å². The molecule has 7 heteroatoms. The molecule has 7 nitrogen and oxygen atoms in total. The molecule has 0 aromatic rings. The second-order valence-electron chi connectivity index (χ2n) is 14.6. The van der Waals surface area contributed by atoms with Crippen molar-refractivity contribution in [2.45, 2.75) is 118 Å². The normalized spacial score (nSPS) is 38.5. The molecule has 4 fully saturated rings. The van der Waals surface area contributed by atoms with Crippen LogP contribution < -0.4 is 5.32 Å². The summed E-state index contributed by atoms with van der Waals surface area (Å²) in [6.07, 6.45) is 10.8. The van der Waals surface area contributed by atoms with Gasteiger partial charge in [0.25, 0.3) is 0 Å². The molecule has 9 unspecified atom stereocenters. The summed E-state index contributed by atoms with van der Waals surface area (Å²) in [6.45, 7) is 13.2. The van der Waals surface area contributed by atoms with Gasteiger partial charge in [-0.15, -0.1) is 0 Å². The summed E-state index contributed by atoms with van der Waals surface area (Å²) in [5, 5.41) is 12.2. The van der Waals surface area contributed by atoms with Gasteiger partial charge in [-0.05, 0) is 124 Å². The maximum absolute atomic E-state index is 12.5. The summed E-state index contributed by atoms with van der Waals surface area (Å²) < 4.78 is 11.1. The zero-order valence-corrected chi connectivity index (χ0v) is 25.2. The van der Waals surface area contributed by atoms with Gasteiger partial charge in [0, 0.05) is 6.42 Å². The maximum Gasteiger partial charge on any atom is 0.407 e. The lowest BCUT2D eigenvalue weighted by molar-refractivity contribution is -0.154. The number of hydrogen-bond acceptors (Lipinski definition) is 5. The van der Waals surface area contributed by atoms with Crippen molar-refractivity contribution in [2.75, 3.05) is 13.2 Å². The zero-order chi connectivity index (χ0) is 28.6. The van der Waals surface area contributed by atoms with Crippen LogP contribution >= 0.6 is 0 Å². The summed E-state index contributed by atoms with van der Waals surface area (Å²) in [5.41, 5.74) is 0.0628. The third-order valence-electron chi connectivity index (χ3n) is 12.2. The van der Waals surface area contributed by atoms with E-state index in [0.717, 1.165) is 31.1 Å². The number of rotatable bonds is 9. The van der Waals surface area contributed by atoms with Crippen molar-refractivity contribution in [3.05, 3.63) is 0 Å². The summed E-state index contributed by atoms with van der Waals surface area (Å²) in [7, 11) is 0. The minimum atomic E-state index is -0.664. The third kappa shape index (κ3) is 5.98. The molecule has 4 aliphatic carbocycles. The van der Waals surface area contributed by atoms with Gasteiger partial charge in [-0.1, -0.05) is 27.7 Å². The van der Waals surface area contributed by atoms with Crippen LogP contribution in [-0.2, 0) is 19.1 Å². The highest BCUT2D eigenvalue weighted by molar-refractivity contribution is 5.75. The Balaban J connectivity index is 1.28. The molecule has 0 bridgehead atoms. The number of carbonyl (C=O) groups excluding carboxylic acids is 2. The van der Waals surface area contributed by atoms with E-state index in [-0.39, 0.29) is 43.0 Å². The summed E-state index contributed by atoms with van der Waals surface area (Å²) >= 11 is 0. The standard InChI is InChI=1S/C32H53NO6/c1-7-30(3,4)28(36)38-17-16-33-29(37)39-22-12-14-31(5)21(19-22)8-9-23-25-11-10-24(20(2)18-27(34)35)32(25,6)15-13-26(23)31/h20-26H,7-19H2,1-6H3,(H,33,37)(H,34,35). The molecule has 39 heavy (non-hydrogen) atoms. The fourth-order valence-corrected chi connectivity index (χ4v) is 9.55. The Morgan fingerprint density at radius 3 is 2.38 bits per heavy atom. The Bertz CT molecular complexity index is 918. The fraction of sp³-hybridized carbons (Fsp3) is 0.906. The van der Waals surface area contributed by atoms with Crippen LogP contribution in [-0.4, -0.2) is 42.4 Å². The monoisotopic (exact) mass is 547 g/mol. The van der Waals surface area contributed by atoms with Crippen molar-refractivity contribution in [1.29, 1.82) is 0 Å². The summed E-state index contributed by atoms with van der Waals surface area (Å²) in [5.74, 6) is 2.62. The Hall–Kier alpha value is -1.79. The summed E-state index contributed by atoms with van der Waals surface area (Å²) in [6, 6.07) is 0. The molecule has 0 spiro atoms. The van der Waals surface area contributed by atoms with Gasteiger partial charge in [0.1, 0.15) is 12.7 Å². The number of esters is 1. The molecule has 4 saturated carbocycles. The number of fused-ring (bicyclic) bond motifs is 5. The quantitative estimate of drug-likeness (QED) is 0.242. The van der Waals surface area contributed by atoms with Gasteiger partial charge in [-0.25, -0.2) is 4.79 Å². The largest absolute Gasteiger partial charge is 0.481 e. The number of alkyl carbamates (subject to hydrolysis) is 1. The van der Waals surface area contributed by atoms with Crippen molar-refractivity contribution in [1.82, 2.24) is 5.32 Å². The van der Waals surface area contributed by atoms with Crippen molar-refractivity contribution in [2.24, 2.45) is 51.8 Å². The number of amides is 1. The minimum Gasteiger partial charge on any atom is -0.481 e. The van der Waals surface area contributed by atoms with Gasteiger partial charge in [0.05, 0.1) is 12.0 Å². The van der Waals surface area contributed by atoms with Crippen LogP contribution in [0.3, 0.4) is 0 Å². The minimum absolute atomic E-state index is 0.0530. The average molecular weight is 548 g/mol. The van der Waals surface area contributed by atoms with Crippen LogP contribution in [0.2, 0.25) is 0 Å². The van der Waals surface area contributed by atoms with E-state index in [0.29, 0.717) is 29.6 Å². The molecule has 4 rings (SSSR count). The van der Waals surface area contributed by atoms with Crippen molar-refractivity contribution in [3.8, 4) is 0 Å². The smallest absolute Gasteiger partial charge is 0.407 e. The Morgan fingerprint density at radius 2 is 1.69 bits per heavy atom. The van der Waals surface area contributed by atoms with Crippen LogP contribution in [0.4, 0.5) is 4.79 Å². The van der Waals surface area contributed by atoms with E-state index in [9.17, 15) is 19.5 Å². The van der Waals surface area contributed by atoms with Crippen LogP contribution in [0.25, 0.3) is 0 Å². The fourth-order valence-electron chi connectivity index (χ4n) is 9.55. The maximum atomic E-state index is 12.5. The lowest BCUT2D eigenvalue weighted by Crippen LogP contribution is -2.54. The molecular formula is C32H53NO6. The molecule has 9 atom stereocenters. The van der Waals surface area contributed by atoms with Gasteiger partial charge < -0.3 is 19.9 Å². The first kappa shape index (κ1) is 30.2. The first-order chi connectivity index (χ1) is 18.3. The van der Waals surface area contributed by atoms with Gasteiger partial charge >= 0.3 is 18.0 Å². The van der Waals surface area contributed by atoms with E-state index in [4.69, 9.17) is 9.47 Å². The number of carboxylic acid groups (broad SMARTS) is 1. The number of aliphatic carboxylic acids is 1. The third-order valence-corrected chi connectivity index (χ3v) is 12.2. The molecule has 222 valence electrons. The SMILES string of the molecule is CCC(C)(C)C(=O)OCCNC(=O)OC1CCC2(C)C(CCC3C2CCC2(C)C(C(C)CC(=O)O)CCC32)C1. The first-order valence-electron chi connectivity index (χ1n) is 15.6. The van der Waals surface area contributed by atoms with Crippen LogP contribution in [0, 0.1) is 51.8 Å². The lowest BCUT2D eigenvalue weighted by atomic mass is 9.44. The Labute approximate surface area is 235 Å². The zero-order valence-electron chi connectivity index (χ0n) is 25.2. The van der Waals surface area contributed by atoms with Crippen LogP contribution in [0.15, 0.2) is 0 Å². The second kappa shape index (κ2) is 11.6. The highest BCUT2D eigenvalue weighted by Crippen LogP contribution is 2.68. The number of carboxylic acids is 1. The number of nitrogens with one attached hydrogen (secondary N) is 1. The topological polar surface area (TPSA) is 102 Å². The molecule has 0 aromatic heterocycles. The van der Waals surface area contributed by atoms with E-state index in [1.165, 1.54) is 38.5 Å². The lowest BCUT2D eigenvalue weighted by Gasteiger charge is -2.61. The van der Waals surface area contributed by atoms with E-state index < -0.39 is 17.5 Å². The molecule has 0 radical (unpaired) electrons. The predicted molar refractivity (Wildman–Crippen MR) is 150 cm³/mol. The van der Waals surface area contributed by atoms with Gasteiger partial charge in [0.2, 0.25) is 0 Å². The van der Waals surface area contributed by atoms with E-state index >= 15 is 0 Å². The summed E-state index contributed by atoms with van der Waals surface area (Å²) in [4.78, 5) is 36.0. The van der Waals surface area contributed by atoms with E-state index in [1.807, 2.05) is 20.8 Å². The molecule has 0 saturated heterocycles. The predicted octanol–water partition coefficient (Wildman–Crippen LogP) is 6.83. The Kier molecular flexibility index (Phi) is 8.97. The molecule has 2 N–H and O–H groups in total. The van der Waals surface area contributed by atoms with Crippen molar-refractivity contribution >= 4 is 18.0 Å². The average Bonchev–Trinajstić information content (AvgIpc) is 3.23.